The molecule has 1 aliphatic heterocycles. The van der Waals surface area contributed by atoms with Gasteiger partial charge in [0.25, 0.3) is 5.91 Å². The van der Waals surface area contributed by atoms with Crippen LogP contribution in [0.3, 0.4) is 0 Å². The lowest BCUT2D eigenvalue weighted by molar-refractivity contribution is 0.0950. The van der Waals surface area contributed by atoms with E-state index in [1.54, 1.807) is 25.3 Å². The summed E-state index contributed by atoms with van der Waals surface area (Å²) in [5.41, 5.74) is 2.03. The van der Waals surface area contributed by atoms with Crippen molar-refractivity contribution in [2.75, 3.05) is 35.7 Å². The van der Waals surface area contributed by atoms with Crippen LogP contribution in [0.25, 0.3) is 0 Å². The number of hydrogen-bond acceptors (Lipinski definition) is 4. The van der Waals surface area contributed by atoms with Crippen LogP contribution in [0.5, 0.6) is 5.75 Å². The number of anilines is 3. The van der Waals surface area contributed by atoms with E-state index >= 15 is 0 Å². The molecule has 0 radical (unpaired) electrons. The second-order valence-corrected chi connectivity index (χ2v) is 8.12. The van der Waals surface area contributed by atoms with Crippen molar-refractivity contribution in [2.45, 2.75) is 19.4 Å². The number of carbonyl (C=O) groups is 2. The van der Waals surface area contributed by atoms with E-state index in [0.29, 0.717) is 17.0 Å². The molecule has 0 saturated carbocycles. The van der Waals surface area contributed by atoms with Gasteiger partial charge >= 0.3 is 6.03 Å². The summed E-state index contributed by atoms with van der Waals surface area (Å²) >= 11 is 0. The average molecular weight is 481 g/mol. The Morgan fingerprint density at radius 3 is 2.46 bits per heavy atom. The molecule has 0 aliphatic carbocycles. The number of benzene rings is 3. The van der Waals surface area contributed by atoms with Gasteiger partial charge in [-0.05, 0) is 49.2 Å². The summed E-state index contributed by atoms with van der Waals surface area (Å²) in [4.78, 5) is 27.6. The smallest absolute Gasteiger partial charge is 0.323 e. The Morgan fingerprint density at radius 1 is 0.943 bits per heavy atom. The predicted molar refractivity (Wildman–Crippen MR) is 131 cm³/mol. The van der Waals surface area contributed by atoms with Crippen molar-refractivity contribution >= 4 is 29.0 Å². The standard InChI is InChI=1S/C26H26F2N4O3/c1-35-24-7-3-2-6-18(24)16-29-25(33)17-8-11-23(32-12-4-5-13-32)22(14-17)31-26(34)30-21-15-19(27)9-10-20(21)28/h2-3,6-11,14-15H,4-5,12-13,16H2,1H3,(H,29,33)(H2,30,31,34). The van der Waals surface area contributed by atoms with E-state index < -0.39 is 17.7 Å². The van der Waals surface area contributed by atoms with Crippen molar-refractivity contribution < 1.29 is 23.1 Å². The SMILES string of the molecule is COc1ccccc1CNC(=O)c1ccc(N2CCCC2)c(NC(=O)Nc2cc(F)ccc2F)c1. The summed E-state index contributed by atoms with van der Waals surface area (Å²) in [5.74, 6) is -1.09. The molecule has 0 atom stereocenters. The minimum absolute atomic E-state index is 0.263. The maximum Gasteiger partial charge on any atom is 0.323 e. The van der Waals surface area contributed by atoms with Gasteiger partial charge < -0.3 is 25.6 Å². The molecule has 9 heteroatoms. The highest BCUT2D eigenvalue weighted by molar-refractivity contribution is 6.04. The molecule has 3 aromatic rings. The number of halogens is 2. The molecule has 3 aromatic carbocycles. The third-order valence-corrected chi connectivity index (χ3v) is 5.76. The topological polar surface area (TPSA) is 82.7 Å². The van der Waals surface area contributed by atoms with Crippen molar-refractivity contribution in [3.63, 3.8) is 0 Å². The molecule has 0 bridgehead atoms. The van der Waals surface area contributed by atoms with Gasteiger partial charge in [0, 0.05) is 36.8 Å². The summed E-state index contributed by atoms with van der Waals surface area (Å²) in [6.45, 7) is 1.89. The van der Waals surface area contributed by atoms with Gasteiger partial charge in [-0.25, -0.2) is 13.6 Å². The minimum atomic E-state index is -0.759. The first-order valence-electron chi connectivity index (χ1n) is 11.3. The van der Waals surface area contributed by atoms with Crippen molar-refractivity contribution in [1.29, 1.82) is 0 Å². The number of para-hydroxylation sites is 1. The Balaban J connectivity index is 1.53. The van der Waals surface area contributed by atoms with Gasteiger partial charge in [-0.1, -0.05) is 18.2 Å². The van der Waals surface area contributed by atoms with Crippen LogP contribution in [-0.2, 0) is 6.54 Å². The summed E-state index contributed by atoms with van der Waals surface area (Å²) in [6.07, 6.45) is 2.03. The molecule has 1 aliphatic rings. The normalized spacial score (nSPS) is 12.8. The van der Waals surface area contributed by atoms with E-state index in [1.165, 1.54) is 0 Å². The molecule has 35 heavy (non-hydrogen) atoms. The van der Waals surface area contributed by atoms with E-state index in [4.69, 9.17) is 4.74 Å². The van der Waals surface area contributed by atoms with Crippen LogP contribution in [0, 0.1) is 11.6 Å². The Kier molecular flexibility index (Phi) is 7.45. The number of hydrogen-bond donors (Lipinski definition) is 3. The number of nitrogens with zero attached hydrogens (tertiary/aromatic N) is 1. The molecule has 1 saturated heterocycles. The fourth-order valence-electron chi connectivity index (χ4n) is 4.01. The minimum Gasteiger partial charge on any atom is -0.496 e. The van der Waals surface area contributed by atoms with Crippen LogP contribution in [0.15, 0.2) is 60.7 Å². The highest BCUT2D eigenvalue weighted by atomic mass is 19.1. The molecule has 0 spiro atoms. The number of amides is 3. The van der Waals surface area contributed by atoms with Crippen LogP contribution in [0.2, 0.25) is 0 Å². The zero-order valence-corrected chi connectivity index (χ0v) is 19.2. The number of methoxy groups -OCH3 is 1. The fraction of sp³-hybridized carbons (Fsp3) is 0.231. The lowest BCUT2D eigenvalue weighted by Gasteiger charge is -2.22. The third-order valence-electron chi connectivity index (χ3n) is 5.76. The summed E-state index contributed by atoms with van der Waals surface area (Å²) in [6, 6.07) is 14.5. The number of rotatable bonds is 7. The van der Waals surface area contributed by atoms with Crippen molar-refractivity contribution in [2.24, 2.45) is 0 Å². The molecule has 1 heterocycles. The van der Waals surface area contributed by atoms with Gasteiger partial charge in [-0.3, -0.25) is 4.79 Å². The zero-order chi connectivity index (χ0) is 24.8. The van der Waals surface area contributed by atoms with Crippen LogP contribution in [0.4, 0.5) is 30.6 Å². The fourth-order valence-corrected chi connectivity index (χ4v) is 4.01. The molecular formula is C26H26F2N4O3. The van der Waals surface area contributed by atoms with E-state index in [1.807, 2.05) is 24.3 Å². The quantitative estimate of drug-likeness (QED) is 0.437. The molecule has 3 amide bonds. The third kappa shape index (κ3) is 5.87. The second kappa shape index (κ2) is 10.9. The van der Waals surface area contributed by atoms with Gasteiger partial charge in [-0.15, -0.1) is 0 Å². The number of urea groups is 1. The van der Waals surface area contributed by atoms with Crippen LogP contribution >= 0.6 is 0 Å². The molecule has 4 rings (SSSR count). The molecule has 1 fully saturated rings. The molecular weight excluding hydrogens is 454 g/mol. The average Bonchev–Trinajstić information content (AvgIpc) is 3.39. The van der Waals surface area contributed by atoms with E-state index in [2.05, 4.69) is 20.9 Å². The largest absolute Gasteiger partial charge is 0.496 e. The number of ether oxygens (including phenoxy) is 1. The van der Waals surface area contributed by atoms with E-state index in [0.717, 1.165) is 55.4 Å². The molecule has 0 aromatic heterocycles. The monoisotopic (exact) mass is 480 g/mol. The van der Waals surface area contributed by atoms with Gasteiger partial charge in [0.05, 0.1) is 24.2 Å². The molecule has 7 nitrogen and oxygen atoms in total. The molecule has 3 N–H and O–H groups in total. The Bertz CT molecular complexity index is 1230. The summed E-state index contributed by atoms with van der Waals surface area (Å²) < 4.78 is 32.8. The second-order valence-electron chi connectivity index (χ2n) is 8.12. The van der Waals surface area contributed by atoms with E-state index in [9.17, 15) is 18.4 Å². The predicted octanol–water partition coefficient (Wildman–Crippen LogP) is 5.15. The van der Waals surface area contributed by atoms with Gasteiger partial charge in [0.2, 0.25) is 0 Å². The lowest BCUT2D eigenvalue weighted by atomic mass is 10.1. The maximum absolute atomic E-state index is 14.0. The Labute approximate surface area is 202 Å². The number of nitrogens with one attached hydrogen (secondary N) is 3. The van der Waals surface area contributed by atoms with Crippen molar-refractivity contribution in [1.82, 2.24) is 5.32 Å². The Morgan fingerprint density at radius 2 is 1.69 bits per heavy atom. The number of carbonyl (C=O) groups excluding carboxylic acids is 2. The molecule has 0 unspecified atom stereocenters. The summed E-state index contributed by atoms with van der Waals surface area (Å²) in [5, 5.41) is 7.88. The van der Waals surface area contributed by atoms with Crippen molar-refractivity contribution in [3.05, 3.63) is 83.4 Å². The first-order chi connectivity index (χ1) is 16.9. The van der Waals surface area contributed by atoms with E-state index in [-0.39, 0.29) is 18.1 Å². The zero-order valence-electron chi connectivity index (χ0n) is 19.2. The van der Waals surface area contributed by atoms with Gasteiger partial charge in [0.1, 0.15) is 17.4 Å². The van der Waals surface area contributed by atoms with Crippen LogP contribution in [-0.4, -0.2) is 32.1 Å². The highest BCUT2D eigenvalue weighted by Crippen LogP contribution is 2.30. The Hall–Kier alpha value is -4.14. The van der Waals surface area contributed by atoms with Gasteiger partial charge in [-0.2, -0.15) is 0 Å². The van der Waals surface area contributed by atoms with Gasteiger partial charge in [0.15, 0.2) is 0 Å². The van der Waals surface area contributed by atoms with Crippen molar-refractivity contribution in [3.8, 4) is 5.75 Å². The first-order valence-corrected chi connectivity index (χ1v) is 11.3. The maximum atomic E-state index is 14.0. The highest BCUT2D eigenvalue weighted by Gasteiger charge is 2.20. The first kappa shape index (κ1) is 24.0. The van der Waals surface area contributed by atoms with Crippen LogP contribution < -0.4 is 25.6 Å². The lowest BCUT2D eigenvalue weighted by Crippen LogP contribution is -2.26. The van der Waals surface area contributed by atoms with Crippen LogP contribution in [0.1, 0.15) is 28.8 Å². The summed E-state index contributed by atoms with van der Waals surface area (Å²) in [7, 11) is 1.57. The molecule has 182 valence electrons.